The van der Waals surface area contributed by atoms with Gasteiger partial charge in [-0.15, -0.1) is 0 Å². The van der Waals surface area contributed by atoms with Crippen LogP contribution in [0.2, 0.25) is 0 Å². The first-order valence-corrected chi connectivity index (χ1v) is 21.4. The van der Waals surface area contributed by atoms with E-state index >= 15 is 0 Å². The number of unbranched alkanes of at least 4 members (excludes halogenated alkanes) is 24. The second-order valence-electron chi connectivity index (χ2n) is 15.1. The summed E-state index contributed by atoms with van der Waals surface area (Å²) in [5, 5.41) is 11.2. The molecule has 0 aromatic rings. The third-order valence-electron chi connectivity index (χ3n) is 10.5. The highest BCUT2D eigenvalue weighted by Crippen LogP contribution is 2.26. The molecule has 284 valence electrons. The zero-order valence-corrected chi connectivity index (χ0v) is 32.7. The summed E-state index contributed by atoms with van der Waals surface area (Å²) in [6.07, 6.45) is 34.1. The number of carbonyl (C=O) groups is 3. The van der Waals surface area contributed by atoms with Crippen LogP contribution < -0.4 is 5.73 Å². The highest BCUT2D eigenvalue weighted by molar-refractivity contribution is 5.97. The molecule has 0 amide bonds. The van der Waals surface area contributed by atoms with Crippen molar-refractivity contribution in [1.29, 1.82) is 0 Å². The average molecular weight is 678 g/mol. The lowest BCUT2D eigenvalue weighted by molar-refractivity contribution is -0.143. The number of ketones is 3. The van der Waals surface area contributed by atoms with Crippen LogP contribution in [0.5, 0.6) is 0 Å². The molecular weight excluding hydrogens is 594 g/mol. The summed E-state index contributed by atoms with van der Waals surface area (Å²) in [6.45, 7) is 8.60. The van der Waals surface area contributed by atoms with E-state index in [2.05, 4.69) is 13.8 Å². The summed E-state index contributed by atoms with van der Waals surface area (Å²) in [4.78, 5) is 40.2. The Bertz CT molecular complexity index is 699. The van der Waals surface area contributed by atoms with E-state index in [1.165, 1.54) is 128 Å². The lowest BCUT2D eigenvalue weighted by Gasteiger charge is -2.29. The monoisotopic (exact) mass is 678 g/mol. The maximum Gasteiger partial charge on any atom is 0.162 e. The number of carbonyl (C=O) groups excluding carboxylic acids is 3. The molecule has 0 heterocycles. The molecule has 48 heavy (non-hydrogen) atoms. The van der Waals surface area contributed by atoms with Crippen molar-refractivity contribution >= 4 is 17.3 Å². The van der Waals surface area contributed by atoms with Gasteiger partial charge in [0.1, 0.15) is 17.7 Å². The number of Topliss-reactive ketones (excluding diaryl/α,β-unsaturated/α-hetero) is 3. The summed E-state index contributed by atoms with van der Waals surface area (Å²) in [5.41, 5.74) is 6.47. The molecule has 0 bridgehead atoms. The lowest BCUT2D eigenvalue weighted by Crippen LogP contribution is -2.52. The van der Waals surface area contributed by atoms with Crippen LogP contribution in [0.4, 0.5) is 0 Å². The molecule has 0 saturated heterocycles. The highest BCUT2D eigenvalue weighted by atomic mass is 16.3. The topological polar surface area (TPSA) is 97.5 Å². The molecule has 3 unspecified atom stereocenters. The van der Waals surface area contributed by atoms with E-state index in [9.17, 15) is 19.5 Å². The minimum atomic E-state index is -1.49. The number of aliphatic hydroxyl groups is 1. The van der Waals surface area contributed by atoms with E-state index in [0.29, 0.717) is 25.7 Å². The molecule has 0 fully saturated rings. The molecule has 3 N–H and O–H groups in total. The fourth-order valence-corrected chi connectivity index (χ4v) is 7.28. The van der Waals surface area contributed by atoms with Crippen LogP contribution >= 0.6 is 0 Å². The highest BCUT2D eigenvalue weighted by Gasteiger charge is 2.41. The van der Waals surface area contributed by atoms with Gasteiger partial charge in [0, 0.05) is 18.8 Å². The van der Waals surface area contributed by atoms with Crippen LogP contribution in [0, 0.1) is 11.8 Å². The van der Waals surface area contributed by atoms with Gasteiger partial charge in [0.15, 0.2) is 5.78 Å². The Hall–Kier alpha value is -1.07. The van der Waals surface area contributed by atoms with Gasteiger partial charge in [-0.3, -0.25) is 14.4 Å². The Labute approximate surface area is 299 Å². The second kappa shape index (κ2) is 34.4. The molecule has 0 aliphatic rings. The molecule has 0 aromatic heterocycles. The van der Waals surface area contributed by atoms with Gasteiger partial charge >= 0.3 is 0 Å². The van der Waals surface area contributed by atoms with Crippen molar-refractivity contribution in [3.8, 4) is 0 Å². The quantitative estimate of drug-likeness (QED) is 0.0634. The van der Waals surface area contributed by atoms with Gasteiger partial charge < -0.3 is 10.8 Å². The van der Waals surface area contributed by atoms with Crippen LogP contribution in [0.25, 0.3) is 0 Å². The summed E-state index contributed by atoms with van der Waals surface area (Å²) in [7, 11) is 0. The molecule has 0 aromatic carbocycles. The minimum absolute atomic E-state index is 0.184. The maximum absolute atomic E-state index is 13.7. The normalized spacial score (nSPS) is 13.6. The summed E-state index contributed by atoms with van der Waals surface area (Å²) >= 11 is 0. The number of nitrogens with two attached hydrogens (primary N) is 1. The molecule has 5 heteroatoms. The van der Waals surface area contributed by atoms with Gasteiger partial charge in [-0.1, -0.05) is 195 Å². The van der Waals surface area contributed by atoms with Gasteiger partial charge in [-0.05, 0) is 25.7 Å². The van der Waals surface area contributed by atoms with Crippen molar-refractivity contribution in [3.63, 3.8) is 0 Å². The predicted octanol–water partition coefficient (Wildman–Crippen LogP) is 12.2. The minimum Gasteiger partial charge on any atom is -0.384 e. The van der Waals surface area contributed by atoms with Gasteiger partial charge in [0.25, 0.3) is 0 Å². The fraction of sp³-hybridized carbons (Fsp3) is 0.930. The first-order valence-electron chi connectivity index (χ1n) is 21.4. The van der Waals surface area contributed by atoms with E-state index < -0.39 is 18.1 Å². The smallest absolute Gasteiger partial charge is 0.162 e. The van der Waals surface area contributed by atoms with Gasteiger partial charge in [-0.2, -0.15) is 0 Å². The third kappa shape index (κ3) is 25.0. The van der Waals surface area contributed by atoms with Crippen molar-refractivity contribution in [2.75, 3.05) is 0 Å². The molecule has 3 atom stereocenters. The first kappa shape index (κ1) is 46.9. The molecule has 0 rings (SSSR count). The van der Waals surface area contributed by atoms with Crippen molar-refractivity contribution in [3.05, 3.63) is 0 Å². The zero-order valence-electron chi connectivity index (χ0n) is 32.7. The third-order valence-corrected chi connectivity index (χ3v) is 10.5. The molecule has 0 aliphatic heterocycles. The summed E-state index contributed by atoms with van der Waals surface area (Å²) in [5.74, 6) is -2.09. The Morgan fingerprint density at radius 3 is 1.04 bits per heavy atom. The van der Waals surface area contributed by atoms with E-state index in [1.54, 1.807) is 0 Å². The number of rotatable bonds is 38. The van der Waals surface area contributed by atoms with E-state index in [1.807, 2.05) is 13.8 Å². The lowest BCUT2D eigenvalue weighted by atomic mass is 9.77. The predicted molar refractivity (Wildman–Crippen MR) is 206 cm³/mol. The van der Waals surface area contributed by atoms with Crippen LogP contribution in [0.3, 0.4) is 0 Å². The van der Waals surface area contributed by atoms with Crippen molar-refractivity contribution in [2.45, 2.75) is 245 Å². The Morgan fingerprint density at radius 1 is 0.438 bits per heavy atom. The molecule has 5 nitrogen and oxygen atoms in total. The summed E-state index contributed by atoms with van der Waals surface area (Å²) < 4.78 is 0. The van der Waals surface area contributed by atoms with Gasteiger partial charge in [-0.25, -0.2) is 0 Å². The van der Waals surface area contributed by atoms with Crippen LogP contribution in [0.15, 0.2) is 0 Å². The zero-order chi connectivity index (χ0) is 35.7. The van der Waals surface area contributed by atoms with Crippen LogP contribution in [-0.2, 0) is 14.4 Å². The molecule has 0 spiro atoms. The van der Waals surface area contributed by atoms with E-state index in [4.69, 9.17) is 5.73 Å². The Balaban J connectivity index is 4.63. The van der Waals surface area contributed by atoms with E-state index in [-0.39, 0.29) is 29.7 Å². The standard InChI is InChI=1S/C43H83NO4/c1-5-9-11-13-15-17-19-21-23-25-27-29-31-35-38(45)41(44)40(42(47)37(33-7-3)34-8-4)43(48)39(46)36-32-30-28-26-24-22-20-18-16-14-12-10-6-2/h37,40-41,43,48H,5-36,44H2,1-4H3. The Morgan fingerprint density at radius 2 is 0.729 bits per heavy atom. The molecule has 0 aliphatic carbocycles. The Kier molecular flexibility index (Phi) is 33.6. The van der Waals surface area contributed by atoms with Crippen molar-refractivity contribution in [2.24, 2.45) is 17.6 Å². The molecule has 0 radical (unpaired) electrons. The summed E-state index contributed by atoms with van der Waals surface area (Å²) in [6, 6.07) is -1.11. The fourth-order valence-electron chi connectivity index (χ4n) is 7.28. The maximum atomic E-state index is 13.7. The number of hydrogen-bond donors (Lipinski definition) is 2. The van der Waals surface area contributed by atoms with Crippen molar-refractivity contribution in [1.82, 2.24) is 0 Å². The number of aliphatic hydroxyl groups excluding tert-OH is 1. The average Bonchev–Trinajstić information content (AvgIpc) is 3.08. The van der Waals surface area contributed by atoms with Gasteiger partial charge in [0.2, 0.25) is 0 Å². The van der Waals surface area contributed by atoms with Gasteiger partial charge in [0.05, 0.1) is 12.0 Å². The van der Waals surface area contributed by atoms with Crippen molar-refractivity contribution < 1.29 is 19.5 Å². The molecular formula is C43H83NO4. The van der Waals surface area contributed by atoms with E-state index in [0.717, 1.165) is 44.9 Å². The van der Waals surface area contributed by atoms with Crippen LogP contribution in [0.1, 0.15) is 233 Å². The molecule has 0 saturated carbocycles. The second-order valence-corrected chi connectivity index (χ2v) is 15.1. The SMILES string of the molecule is CCCCCCCCCCCCCCCC(=O)C(N)C(C(=O)C(CCC)CCC)C(O)C(=O)CCCCCCCCCCCCCCC. The van der Waals surface area contributed by atoms with Crippen LogP contribution in [-0.4, -0.2) is 34.6 Å². The first-order chi connectivity index (χ1) is 23.3. The largest absolute Gasteiger partial charge is 0.384 e. The number of hydrogen-bond acceptors (Lipinski definition) is 5.